The molecule has 0 spiro atoms. The number of carbonyl (C=O) groups is 1. The zero-order chi connectivity index (χ0) is 14.4. The van der Waals surface area contributed by atoms with Crippen LogP contribution in [-0.4, -0.2) is 56.9 Å². The second kappa shape index (κ2) is 8.93. The Balaban J connectivity index is 0.00000220. The highest BCUT2D eigenvalue weighted by Crippen LogP contribution is 2.38. The minimum Gasteiger partial charge on any atom is -0.382 e. The first-order valence-corrected chi connectivity index (χ1v) is 7.77. The van der Waals surface area contributed by atoms with Gasteiger partial charge in [-0.15, -0.1) is 12.4 Å². The Bertz CT molecular complexity index is 320. The van der Waals surface area contributed by atoms with Gasteiger partial charge in [0.25, 0.3) is 0 Å². The number of ether oxygens (including phenoxy) is 2. The Morgan fingerprint density at radius 3 is 2.71 bits per heavy atom. The number of nitrogens with zero attached hydrogens (tertiary/aromatic N) is 1. The predicted molar refractivity (Wildman–Crippen MR) is 84.6 cm³/mol. The van der Waals surface area contributed by atoms with Gasteiger partial charge in [0.2, 0.25) is 5.91 Å². The number of hydrogen-bond donors (Lipinski definition) is 1. The van der Waals surface area contributed by atoms with Crippen molar-refractivity contribution in [2.45, 2.75) is 44.6 Å². The molecule has 1 saturated heterocycles. The molecule has 21 heavy (non-hydrogen) atoms. The van der Waals surface area contributed by atoms with E-state index in [4.69, 9.17) is 15.2 Å². The van der Waals surface area contributed by atoms with Crippen LogP contribution in [0.25, 0.3) is 0 Å². The van der Waals surface area contributed by atoms with Gasteiger partial charge < -0.3 is 20.1 Å². The Morgan fingerprint density at radius 1 is 1.38 bits per heavy atom. The SMILES string of the molecule is COCC1CN(C(=O)CC2(CN)CCCCC2)CCO1.Cl. The summed E-state index contributed by atoms with van der Waals surface area (Å²) in [5.41, 5.74) is 6.02. The molecular weight excluding hydrogens is 292 g/mol. The van der Waals surface area contributed by atoms with E-state index in [1.807, 2.05) is 4.90 Å². The highest BCUT2D eigenvalue weighted by molar-refractivity contribution is 5.85. The molecule has 1 unspecified atom stereocenters. The molecule has 2 aliphatic rings. The number of nitrogens with two attached hydrogens (primary N) is 1. The fourth-order valence-electron chi connectivity index (χ4n) is 3.42. The summed E-state index contributed by atoms with van der Waals surface area (Å²) in [6.07, 6.45) is 6.51. The van der Waals surface area contributed by atoms with Gasteiger partial charge in [0, 0.05) is 26.6 Å². The fourth-order valence-corrected chi connectivity index (χ4v) is 3.42. The molecule has 1 aliphatic carbocycles. The quantitative estimate of drug-likeness (QED) is 0.835. The van der Waals surface area contributed by atoms with Gasteiger partial charge >= 0.3 is 0 Å². The van der Waals surface area contributed by atoms with Gasteiger partial charge in [0.1, 0.15) is 0 Å². The summed E-state index contributed by atoms with van der Waals surface area (Å²) in [5.74, 6) is 0.238. The molecule has 2 fully saturated rings. The lowest BCUT2D eigenvalue weighted by atomic mass is 9.71. The van der Waals surface area contributed by atoms with E-state index in [2.05, 4.69) is 0 Å². The lowest BCUT2D eigenvalue weighted by Gasteiger charge is -2.39. The molecule has 1 saturated carbocycles. The second-order valence-corrected chi connectivity index (χ2v) is 6.23. The largest absolute Gasteiger partial charge is 0.382 e. The average Bonchev–Trinajstić information content (AvgIpc) is 2.49. The lowest BCUT2D eigenvalue weighted by Crippen LogP contribution is -2.49. The van der Waals surface area contributed by atoms with E-state index >= 15 is 0 Å². The van der Waals surface area contributed by atoms with Crippen molar-refractivity contribution < 1.29 is 14.3 Å². The van der Waals surface area contributed by atoms with E-state index in [1.54, 1.807) is 7.11 Å². The van der Waals surface area contributed by atoms with E-state index < -0.39 is 0 Å². The fraction of sp³-hybridized carbons (Fsp3) is 0.933. The number of methoxy groups -OCH3 is 1. The van der Waals surface area contributed by atoms with Crippen LogP contribution in [0.4, 0.5) is 0 Å². The molecule has 0 aromatic carbocycles. The van der Waals surface area contributed by atoms with Crippen molar-refractivity contribution in [3.63, 3.8) is 0 Å². The Hall–Kier alpha value is -0.360. The van der Waals surface area contributed by atoms with Crippen molar-refractivity contribution in [2.24, 2.45) is 11.1 Å². The highest BCUT2D eigenvalue weighted by Gasteiger charge is 2.35. The molecule has 0 radical (unpaired) electrons. The van der Waals surface area contributed by atoms with E-state index in [-0.39, 0.29) is 29.8 Å². The molecule has 0 aromatic heterocycles. The maximum absolute atomic E-state index is 12.6. The van der Waals surface area contributed by atoms with Crippen LogP contribution in [0.1, 0.15) is 38.5 Å². The number of rotatable bonds is 5. The van der Waals surface area contributed by atoms with Gasteiger partial charge in [-0.25, -0.2) is 0 Å². The van der Waals surface area contributed by atoms with Crippen LogP contribution in [0.2, 0.25) is 0 Å². The molecule has 1 aliphatic heterocycles. The molecule has 1 heterocycles. The normalized spacial score (nSPS) is 25.2. The van der Waals surface area contributed by atoms with Gasteiger partial charge in [-0.05, 0) is 24.8 Å². The molecule has 124 valence electrons. The second-order valence-electron chi connectivity index (χ2n) is 6.23. The Morgan fingerprint density at radius 2 is 2.10 bits per heavy atom. The van der Waals surface area contributed by atoms with E-state index in [0.29, 0.717) is 39.3 Å². The standard InChI is InChI=1S/C15H28N2O3.ClH/c1-19-11-13-10-17(7-8-20-13)14(18)9-15(12-16)5-3-2-4-6-15;/h13H,2-12,16H2,1H3;1H. The number of morpholine rings is 1. The molecule has 2 N–H and O–H groups in total. The maximum Gasteiger partial charge on any atom is 0.223 e. The zero-order valence-electron chi connectivity index (χ0n) is 13.0. The molecule has 5 nitrogen and oxygen atoms in total. The average molecular weight is 321 g/mol. The molecule has 1 amide bonds. The van der Waals surface area contributed by atoms with Crippen LogP contribution >= 0.6 is 12.4 Å². The summed E-state index contributed by atoms with van der Waals surface area (Å²) in [6.45, 7) is 3.12. The third kappa shape index (κ3) is 5.09. The van der Waals surface area contributed by atoms with Crippen molar-refractivity contribution in [1.29, 1.82) is 0 Å². The van der Waals surface area contributed by atoms with E-state index in [9.17, 15) is 4.79 Å². The third-order valence-electron chi connectivity index (χ3n) is 4.72. The number of amides is 1. The van der Waals surface area contributed by atoms with Gasteiger partial charge in [-0.1, -0.05) is 19.3 Å². The summed E-state index contributed by atoms with van der Waals surface area (Å²) < 4.78 is 10.7. The van der Waals surface area contributed by atoms with E-state index in [0.717, 1.165) is 12.8 Å². The van der Waals surface area contributed by atoms with Gasteiger partial charge in [0.05, 0.1) is 19.3 Å². The van der Waals surface area contributed by atoms with Crippen LogP contribution < -0.4 is 5.73 Å². The molecule has 0 aromatic rings. The minimum absolute atomic E-state index is 0. The van der Waals surface area contributed by atoms with Crippen LogP contribution in [-0.2, 0) is 14.3 Å². The van der Waals surface area contributed by atoms with Crippen LogP contribution in [0.5, 0.6) is 0 Å². The number of carbonyl (C=O) groups excluding carboxylic acids is 1. The number of halogens is 1. The first-order valence-electron chi connectivity index (χ1n) is 7.77. The first-order chi connectivity index (χ1) is 9.69. The van der Waals surface area contributed by atoms with Crippen LogP contribution in [0.3, 0.4) is 0 Å². The predicted octanol–water partition coefficient (Wildman–Crippen LogP) is 1.58. The zero-order valence-corrected chi connectivity index (χ0v) is 13.8. The van der Waals surface area contributed by atoms with Crippen LogP contribution in [0, 0.1) is 5.41 Å². The minimum atomic E-state index is 0. The molecule has 2 rings (SSSR count). The molecular formula is C15H29ClN2O3. The van der Waals surface area contributed by atoms with Crippen molar-refractivity contribution >= 4 is 18.3 Å². The van der Waals surface area contributed by atoms with Crippen molar-refractivity contribution in [2.75, 3.05) is 40.0 Å². The topological polar surface area (TPSA) is 64.8 Å². The highest BCUT2D eigenvalue weighted by atomic mass is 35.5. The number of hydrogen-bond acceptors (Lipinski definition) is 4. The Labute approximate surface area is 133 Å². The van der Waals surface area contributed by atoms with Crippen molar-refractivity contribution in [3.05, 3.63) is 0 Å². The molecule has 1 atom stereocenters. The van der Waals surface area contributed by atoms with Gasteiger partial charge in [-0.2, -0.15) is 0 Å². The lowest BCUT2D eigenvalue weighted by molar-refractivity contribution is -0.143. The summed E-state index contributed by atoms with van der Waals surface area (Å²) in [7, 11) is 1.66. The van der Waals surface area contributed by atoms with Crippen molar-refractivity contribution in [3.8, 4) is 0 Å². The summed E-state index contributed by atoms with van der Waals surface area (Å²) in [6, 6.07) is 0. The van der Waals surface area contributed by atoms with Gasteiger partial charge in [0.15, 0.2) is 0 Å². The molecule has 6 heteroatoms. The third-order valence-corrected chi connectivity index (χ3v) is 4.72. The maximum atomic E-state index is 12.6. The monoisotopic (exact) mass is 320 g/mol. The van der Waals surface area contributed by atoms with Crippen molar-refractivity contribution in [1.82, 2.24) is 4.90 Å². The van der Waals surface area contributed by atoms with Gasteiger partial charge in [-0.3, -0.25) is 4.79 Å². The summed E-state index contributed by atoms with van der Waals surface area (Å²) in [4.78, 5) is 14.5. The molecule has 0 bridgehead atoms. The van der Waals surface area contributed by atoms with Crippen LogP contribution in [0.15, 0.2) is 0 Å². The smallest absolute Gasteiger partial charge is 0.223 e. The Kier molecular flexibility index (Phi) is 7.95. The summed E-state index contributed by atoms with van der Waals surface area (Å²) in [5, 5.41) is 0. The summed E-state index contributed by atoms with van der Waals surface area (Å²) >= 11 is 0. The van der Waals surface area contributed by atoms with E-state index in [1.165, 1.54) is 19.3 Å². The first kappa shape index (κ1) is 18.7.